The Hall–Kier alpha value is -1.27. The zero-order valence-corrected chi connectivity index (χ0v) is 12.0. The minimum absolute atomic E-state index is 0.0411. The number of nitrogens with two attached hydrogens (primary N) is 1. The SMILES string of the molecule is CCc1cc2c(=O)n(CC(N)=S)c(CC)nc2s1. The molecule has 2 rings (SSSR count). The first-order valence-corrected chi connectivity index (χ1v) is 7.09. The van der Waals surface area contributed by atoms with Crippen LogP contribution in [-0.4, -0.2) is 14.5 Å². The van der Waals surface area contributed by atoms with Crippen molar-refractivity contribution in [2.24, 2.45) is 5.73 Å². The Labute approximate surface area is 114 Å². The van der Waals surface area contributed by atoms with Crippen molar-refractivity contribution in [1.82, 2.24) is 9.55 Å². The topological polar surface area (TPSA) is 60.9 Å². The van der Waals surface area contributed by atoms with Crippen LogP contribution in [0.2, 0.25) is 0 Å². The largest absolute Gasteiger partial charge is 0.392 e. The maximum atomic E-state index is 12.4. The Balaban J connectivity index is 2.71. The number of thiophene rings is 1. The van der Waals surface area contributed by atoms with Crippen LogP contribution in [0.3, 0.4) is 0 Å². The molecule has 96 valence electrons. The lowest BCUT2D eigenvalue weighted by atomic mass is 10.3. The maximum Gasteiger partial charge on any atom is 0.262 e. The zero-order valence-electron chi connectivity index (χ0n) is 10.4. The van der Waals surface area contributed by atoms with Crippen molar-refractivity contribution in [3.63, 3.8) is 0 Å². The number of nitrogens with zero attached hydrogens (tertiary/aromatic N) is 2. The van der Waals surface area contributed by atoms with E-state index in [1.165, 1.54) is 4.88 Å². The van der Waals surface area contributed by atoms with E-state index in [-0.39, 0.29) is 12.1 Å². The number of aromatic nitrogens is 2. The van der Waals surface area contributed by atoms with E-state index in [2.05, 4.69) is 11.9 Å². The summed E-state index contributed by atoms with van der Waals surface area (Å²) in [5, 5.41) is 0.672. The lowest BCUT2D eigenvalue weighted by molar-refractivity contribution is 0.720. The van der Waals surface area contributed by atoms with Crippen LogP contribution in [-0.2, 0) is 19.4 Å². The van der Waals surface area contributed by atoms with E-state index in [9.17, 15) is 4.79 Å². The van der Waals surface area contributed by atoms with E-state index >= 15 is 0 Å². The van der Waals surface area contributed by atoms with Gasteiger partial charge in [0.1, 0.15) is 10.7 Å². The summed E-state index contributed by atoms with van der Waals surface area (Å²) in [6.07, 6.45) is 1.60. The highest BCUT2D eigenvalue weighted by Gasteiger charge is 2.13. The van der Waals surface area contributed by atoms with Gasteiger partial charge in [0, 0.05) is 11.3 Å². The van der Waals surface area contributed by atoms with Gasteiger partial charge in [0.2, 0.25) is 0 Å². The fourth-order valence-corrected chi connectivity index (χ4v) is 2.98. The van der Waals surface area contributed by atoms with Gasteiger partial charge < -0.3 is 5.73 Å². The van der Waals surface area contributed by atoms with Gasteiger partial charge in [-0.25, -0.2) is 4.98 Å². The number of fused-ring (bicyclic) bond motifs is 1. The summed E-state index contributed by atoms with van der Waals surface area (Å²) in [6, 6.07) is 1.92. The predicted octanol–water partition coefficient (Wildman–Crippen LogP) is 1.87. The summed E-state index contributed by atoms with van der Waals surface area (Å²) in [4.78, 5) is 19.2. The Morgan fingerprint density at radius 3 is 2.78 bits per heavy atom. The summed E-state index contributed by atoms with van der Waals surface area (Å²) in [7, 11) is 0. The highest BCUT2D eigenvalue weighted by atomic mass is 32.1. The third-order valence-electron chi connectivity index (χ3n) is 2.76. The zero-order chi connectivity index (χ0) is 13.3. The molecule has 6 heteroatoms. The van der Waals surface area contributed by atoms with Gasteiger partial charge in [0.25, 0.3) is 5.56 Å². The van der Waals surface area contributed by atoms with Crippen LogP contribution < -0.4 is 11.3 Å². The normalized spacial score (nSPS) is 11.0. The molecule has 2 N–H and O–H groups in total. The number of hydrogen-bond acceptors (Lipinski definition) is 4. The molecule has 0 amide bonds. The molecule has 0 saturated heterocycles. The van der Waals surface area contributed by atoms with Crippen molar-refractivity contribution in [3.05, 3.63) is 27.1 Å². The average Bonchev–Trinajstić information content (AvgIpc) is 2.75. The summed E-state index contributed by atoms with van der Waals surface area (Å²) >= 11 is 6.47. The minimum atomic E-state index is -0.0411. The second kappa shape index (κ2) is 5.16. The molecule has 0 atom stereocenters. The number of rotatable bonds is 4. The van der Waals surface area contributed by atoms with E-state index in [1.54, 1.807) is 15.9 Å². The first-order chi connectivity index (χ1) is 8.56. The van der Waals surface area contributed by atoms with Crippen LogP contribution in [0, 0.1) is 0 Å². The van der Waals surface area contributed by atoms with Gasteiger partial charge in [-0.2, -0.15) is 0 Å². The van der Waals surface area contributed by atoms with Crippen LogP contribution in [0.15, 0.2) is 10.9 Å². The van der Waals surface area contributed by atoms with E-state index in [0.717, 1.165) is 17.1 Å². The maximum absolute atomic E-state index is 12.4. The monoisotopic (exact) mass is 281 g/mol. The molecule has 0 fully saturated rings. The molecule has 0 radical (unpaired) electrons. The Bertz CT molecular complexity index is 657. The fourth-order valence-electron chi connectivity index (χ4n) is 1.87. The molecule has 2 aromatic rings. The van der Waals surface area contributed by atoms with Gasteiger partial charge in [-0.15, -0.1) is 11.3 Å². The van der Waals surface area contributed by atoms with Gasteiger partial charge in [0.15, 0.2) is 0 Å². The van der Waals surface area contributed by atoms with Gasteiger partial charge in [0.05, 0.1) is 16.9 Å². The highest BCUT2D eigenvalue weighted by Crippen LogP contribution is 2.22. The van der Waals surface area contributed by atoms with Crippen molar-refractivity contribution < 1.29 is 0 Å². The van der Waals surface area contributed by atoms with E-state index in [0.29, 0.717) is 16.8 Å². The molecule has 0 aliphatic heterocycles. The summed E-state index contributed by atoms with van der Waals surface area (Å²) in [6.45, 7) is 4.30. The smallest absolute Gasteiger partial charge is 0.262 e. The number of aryl methyl sites for hydroxylation is 2. The first-order valence-electron chi connectivity index (χ1n) is 5.87. The van der Waals surface area contributed by atoms with Gasteiger partial charge in [-0.3, -0.25) is 9.36 Å². The quantitative estimate of drug-likeness (QED) is 0.869. The number of hydrogen-bond donors (Lipinski definition) is 1. The Morgan fingerprint density at radius 2 is 2.22 bits per heavy atom. The summed E-state index contributed by atoms with van der Waals surface area (Å²) in [5.41, 5.74) is 5.50. The van der Waals surface area contributed by atoms with Crippen LogP contribution in [0.1, 0.15) is 24.5 Å². The van der Waals surface area contributed by atoms with Crippen LogP contribution in [0.25, 0.3) is 10.2 Å². The lowest BCUT2D eigenvalue weighted by Crippen LogP contribution is -2.30. The predicted molar refractivity (Wildman–Crippen MR) is 79.4 cm³/mol. The van der Waals surface area contributed by atoms with Gasteiger partial charge in [-0.1, -0.05) is 26.1 Å². The molecule has 18 heavy (non-hydrogen) atoms. The molecule has 0 bridgehead atoms. The number of thiocarbonyl (C=S) groups is 1. The van der Waals surface area contributed by atoms with Crippen molar-refractivity contribution >= 4 is 38.8 Å². The van der Waals surface area contributed by atoms with Crippen molar-refractivity contribution in [2.75, 3.05) is 0 Å². The highest BCUT2D eigenvalue weighted by molar-refractivity contribution is 7.80. The van der Waals surface area contributed by atoms with E-state index in [1.807, 2.05) is 13.0 Å². The van der Waals surface area contributed by atoms with Crippen molar-refractivity contribution in [1.29, 1.82) is 0 Å². The third-order valence-corrected chi connectivity index (χ3v) is 4.06. The van der Waals surface area contributed by atoms with Crippen LogP contribution in [0.5, 0.6) is 0 Å². The van der Waals surface area contributed by atoms with E-state index in [4.69, 9.17) is 18.0 Å². The molecular formula is C12H15N3OS2. The molecule has 0 aliphatic carbocycles. The molecule has 4 nitrogen and oxygen atoms in total. The lowest BCUT2D eigenvalue weighted by Gasteiger charge is -2.09. The molecule has 0 spiro atoms. The molecule has 0 unspecified atom stereocenters. The Kier molecular flexibility index (Phi) is 3.77. The Morgan fingerprint density at radius 1 is 1.50 bits per heavy atom. The molecule has 2 heterocycles. The standard InChI is InChI=1S/C12H15N3OS2/c1-3-7-5-8-11(18-7)14-10(4-2)15(12(8)16)6-9(13)17/h5H,3-4,6H2,1-2H3,(H2,13,17). The summed E-state index contributed by atoms with van der Waals surface area (Å²) < 4.78 is 1.58. The van der Waals surface area contributed by atoms with Crippen molar-refractivity contribution in [3.8, 4) is 0 Å². The molecular weight excluding hydrogens is 266 g/mol. The third kappa shape index (κ3) is 2.30. The molecule has 0 aromatic carbocycles. The summed E-state index contributed by atoms with van der Waals surface area (Å²) in [5.74, 6) is 0.741. The van der Waals surface area contributed by atoms with Crippen molar-refractivity contribution in [2.45, 2.75) is 33.2 Å². The fraction of sp³-hybridized carbons (Fsp3) is 0.417. The van der Waals surface area contributed by atoms with Crippen LogP contribution >= 0.6 is 23.6 Å². The minimum Gasteiger partial charge on any atom is -0.392 e. The second-order valence-electron chi connectivity index (χ2n) is 4.02. The molecule has 0 saturated carbocycles. The van der Waals surface area contributed by atoms with Gasteiger partial charge >= 0.3 is 0 Å². The van der Waals surface area contributed by atoms with E-state index < -0.39 is 0 Å². The first kappa shape index (κ1) is 13.2. The molecule has 0 aliphatic rings. The second-order valence-corrected chi connectivity index (χ2v) is 5.66. The average molecular weight is 281 g/mol. The van der Waals surface area contributed by atoms with Crippen LogP contribution in [0.4, 0.5) is 0 Å². The molecule has 2 aromatic heterocycles. The van der Waals surface area contributed by atoms with Gasteiger partial charge in [-0.05, 0) is 12.5 Å².